The van der Waals surface area contributed by atoms with Crippen molar-refractivity contribution < 1.29 is 28.9 Å². The van der Waals surface area contributed by atoms with Crippen molar-refractivity contribution in [2.45, 2.75) is 25.5 Å². The van der Waals surface area contributed by atoms with Gasteiger partial charge in [-0.15, -0.1) is 0 Å². The van der Waals surface area contributed by atoms with Gasteiger partial charge in [0.05, 0.1) is 19.8 Å². The molecule has 7 heteroatoms. The lowest BCUT2D eigenvalue weighted by Crippen LogP contribution is -2.28. The Hall–Kier alpha value is -2.12. The van der Waals surface area contributed by atoms with E-state index in [1.165, 1.54) is 13.2 Å². The third kappa shape index (κ3) is 5.22. The van der Waals surface area contributed by atoms with Gasteiger partial charge in [0.25, 0.3) is 0 Å². The second-order valence-electron chi connectivity index (χ2n) is 5.27. The normalized spacial score (nSPS) is 17.0. The number of carbonyl (C=O) groups is 2. The first-order valence-corrected chi connectivity index (χ1v) is 7.46. The van der Waals surface area contributed by atoms with Crippen molar-refractivity contribution in [3.05, 3.63) is 29.3 Å². The van der Waals surface area contributed by atoms with E-state index in [-0.39, 0.29) is 36.5 Å². The maximum atomic E-state index is 11.7. The molecule has 126 valence electrons. The fourth-order valence-electron chi connectivity index (χ4n) is 2.34. The molecule has 1 aromatic rings. The van der Waals surface area contributed by atoms with Gasteiger partial charge in [-0.25, -0.2) is 4.79 Å². The Labute approximate surface area is 134 Å². The summed E-state index contributed by atoms with van der Waals surface area (Å²) in [7, 11) is 1.41. The van der Waals surface area contributed by atoms with E-state index in [0.29, 0.717) is 12.2 Å². The molecule has 1 atom stereocenters. The van der Waals surface area contributed by atoms with E-state index in [4.69, 9.17) is 19.3 Å². The minimum atomic E-state index is -1.07. The summed E-state index contributed by atoms with van der Waals surface area (Å²) < 4.78 is 15.7. The van der Waals surface area contributed by atoms with Crippen LogP contribution in [-0.2, 0) is 20.8 Å². The summed E-state index contributed by atoms with van der Waals surface area (Å²) in [5.74, 6) is -1.04. The SMILES string of the molecule is COc1ccc(CNC(=O)COC[C@@H]2CCCO2)cc1C(=O)O. The maximum absolute atomic E-state index is 11.7. The topological polar surface area (TPSA) is 94.1 Å². The van der Waals surface area contributed by atoms with Gasteiger partial charge in [0.15, 0.2) is 0 Å². The number of carboxylic acids is 1. The van der Waals surface area contributed by atoms with Gasteiger partial charge in [-0.1, -0.05) is 6.07 Å². The quantitative estimate of drug-likeness (QED) is 0.747. The van der Waals surface area contributed by atoms with Crippen LogP contribution >= 0.6 is 0 Å². The van der Waals surface area contributed by atoms with Crippen LogP contribution in [0.15, 0.2) is 18.2 Å². The zero-order chi connectivity index (χ0) is 16.7. The number of benzene rings is 1. The first-order valence-electron chi connectivity index (χ1n) is 7.46. The first kappa shape index (κ1) is 17.2. The summed E-state index contributed by atoms with van der Waals surface area (Å²) in [4.78, 5) is 22.9. The Kier molecular flexibility index (Phi) is 6.37. The van der Waals surface area contributed by atoms with E-state index in [9.17, 15) is 9.59 Å². The molecule has 0 saturated carbocycles. The van der Waals surface area contributed by atoms with E-state index in [1.807, 2.05) is 0 Å². The number of hydrogen-bond donors (Lipinski definition) is 2. The summed E-state index contributed by atoms with van der Waals surface area (Å²) in [5.41, 5.74) is 0.740. The highest BCUT2D eigenvalue weighted by Crippen LogP contribution is 2.19. The lowest BCUT2D eigenvalue weighted by atomic mass is 10.1. The molecule has 2 rings (SSSR count). The number of rotatable bonds is 8. The van der Waals surface area contributed by atoms with Crippen LogP contribution in [0, 0.1) is 0 Å². The molecular formula is C16H21NO6. The number of aromatic carboxylic acids is 1. The van der Waals surface area contributed by atoms with Crippen LogP contribution in [0.4, 0.5) is 0 Å². The van der Waals surface area contributed by atoms with E-state index < -0.39 is 5.97 Å². The Morgan fingerprint density at radius 2 is 2.26 bits per heavy atom. The molecule has 0 unspecified atom stereocenters. The Balaban J connectivity index is 1.77. The zero-order valence-electron chi connectivity index (χ0n) is 13.0. The fourth-order valence-corrected chi connectivity index (χ4v) is 2.34. The van der Waals surface area contributed by atoms with Crippen molar-refractivity contribution in [2.75, 3.05) is 26.9 Å². The lowest BCUT2D eigenvalue weighted by Gasteiger charge is -2.11. The van der Waals surface area contributed by atoms with Crippen molar-refractivity contribution >= 4 is 11.9 Å². The van der Waals surface area contributed by atoms with Crippen molar-refractivity contribution in [1.82, 2.24) is 5.32 Å². The van der Waals surface area contributed by atoms with Crippen LogP contribution in [0.5, 0.6) is 5.75 Å². The molecular weight excluding hydrogens is 302 g/mol. The minimum Gasteiger partial charge on any atom is -0.496 e. The molecule has 0 aromatic heterocycles. The second-order valence-corrected chi connectivity index (χ2v) is 5.27. The summed E-state index contributed by atoms with van der Waals surface area (Å²) in [6.45, 7) is 1.36. The molecule has 1 aromatic carbocycles. The molecule has 0 aliphatic carbocycles. The Morgan fingerprint density at radius 3 is 2.91 bits per heavy atom. The predicted molar refractivity (Wildman–Crippen MR) is 81.6 cm³/mol. The Bertz CT molecular complexity index is 554. The molecule has 1 saturated heterocycles. The standard InChI is InChI=1S/C16H21NO6/c1-21-14-5-4-11(7-13(14)16(19)20)8-17-15(18)10-22-9-12-3-2-6-23-12/h4-5,7,12H,2-3,6,8-10H2,1H3,(H,17,18)(H,19,20)/t12-/m0/s1. The molecule has 1 aliphatic rings. The molecule has 23 heavy (non-hydrogen) atoms. The molecule has 2 N–H and O–H groups in total. The largest absolute Gasteiger partial charge is 0.496 e. The number of methoxy groups -OCH3 is 1. The van der Waals surface area contributed by atoms with Crippen molar-refractivity contribution in [1.29, 1.82) is 0 Å². The highest BCUT2D eigenvalue weighted by Gasteiger charge is 2.16. The summed E-state index contributed by atoms with van der Waals surface area (Å²) in [5, 5.41) is 11.8. The summed E-state index contributed by atoms with van der Waals surface area (Å²) in [6, 6.07) is 4.76. The van der Waals surface area contributed by atoms with Gasteiger partial charge in [-0.3, -0.25) is 4.79 Å². The third-order valence-corrected chi connectivity index (χ3v) is 3.54. The molecule has 0 bridgehead atoms. The maximum Gasteiger partial charge on any atom is 0.339 e. The van der Waals surface area contributed by atoms with E-state index in [1.54, 1.807) is 12.1 Å². The Morgan fingerprint density at radius 1 is 1.43 bits per heavy atom. The van der Waals surface area contributed by atoms with Gasteiger partial charge in [-0.2, -0.15) is 0 Å². The second kappa shape index (κ2) is 8.50. The van der Waals surface area contributed by atoms with Crippen LogP contribution in [0.25, 0.3) is 0 Å². The van der Waals surface area contributed by atoms with Gasteiger partial charge in [0.1, 0.15) is 17.9 Å². The van der Waals surface area contributed by atoms with Crippen LogP contribution < -0.4 is 10.1 Å². The first-order chi connectivity index (χ1) is 11.1. The molecule has 1 amide bonds. The third-order valence-electron chi connectivity index (χ3n) is 3.54. The average molecular weight is 323 g/mol. The summed E-state index contributed by atoms with van der Waals surface area (Å²) >= 11 is 0. The number of amides is 1. The van der Waals surface area contributed by atoms with Gasteiger partial charge >= 0.3 is 5.97 Å². The van der Waals surface area contributed by atoms with Crippen LogP contribution in [0.1, 0.15) is 28.8 Å². The average Bonchev–Trinajstić information content (AvgIpc) is 3.06. The monoisotopic (exact) mass is 323 g/mol. The highest BCUT2D eigenvalue weighted by atomic mass is 16.5. The number of ether oxygens (including phenoxy) is 3. The molecule has 1 aliphatic heterocycles. The van der Waals surface area contributed by atoms with E-state index in [2.05, 4.69) is 5.32 Å². The van der Waals surface area contributed by atoms with Crippen LogP contribution in [-0.4, -0.2) is 50.0 Å². The molecule has 0 spiro atoms. The smallest absolute Gasteiger partial charge is 0.339 e. The van der Waals surface area contributed by atoms with Gasteiger partial charge < -0.3 is 24.6 Å². The number of hydrogen-bond acceptors (Lipinski definition) is 5. The van der Waals surface area contributed by atoms with Gasteiger partial charge in [0, 0.05) is 13.2 Å². The fraction of sp³-hybridized carbons (Fsp3) is 0.500. The van der Waals surface area contributed by atoms with Crippen molar-refractivity contribution in [3.8, 4) is 5.75 Å². The van der Waals surface area contributed by atoms with Crippen LogP contribution in [0.2, 0.25) is 0 Å². The van der Waals surface area contributed by atoms with Crippen molar-refractivity contribution in [3.63, 3.8) is 0 Å². The predicted octanol–water partition coefficient (Wildman–Crippen LogP) is 1.21. The van der Waals surface area contributed by atoms with Gasteiger partial charge in [-0.05, 0) is 30.5 Å². The zero-order valence-corrected chi connectivity index (χ0v) is 13.0. The van der Waals surface area contributed by atoms with E-state index in [0.717, 1.165) is 19.4 Å². The lowest BCUT2D eigenvalue weighted by molar-refractivity contribution is -0.127. The minimum absolute atomic E-state index is 0.0399. The van der Waals surface area contributed by atoms with E-state index >= 15 is 0 Å². The van der Waals surface area contributed by atoms with Gasteiger partial charge in [0.2, 0.25) is 5.91 Å². The number of nitrogens with one attached hydrogen (secondary N) is 1. The molecule has 1 fully saturated rings. The number of carbonyl (C=O) groups excluding carboxylic acids is 1. The molecule has 1 heterocycles. The van der Waals surface area contributed by atoms with Crippen molar-refractivity contribution in [2.24, 2.45) is 0 Å². The van der Waals surface area contributed by atoms with Crippen LogP contribution in [0.3, 0.4) is 0 Å². The number of carboxylic acid groups (broad SMARTS) is 1. The highest BCUT2D eigenvalue weighted by molar-refractivity contribution is 5.91. The molecule has 7 nitrogen and oxygen atoms in total. The summed E-state index contributed by atoms with van der Waals surface area (Å²) in [6.07, 6.45) is 2.08. The molecule has 0 radical (unpaired) electrons.